The van der Waals surface area contributed by atoms with Crippen LogP contribution in [0.2, 0.25) is 0 Å². The maximum atomic E-state index is 11.5. The zero-order valence-corrected chi connectivity index (χ0v) is 9.09. The summed E-state index contributed by atoms with van der Waals surface area (Å²) in [5, 5.41) is 1.44. The van der Waals surface area contributed by atoms with E-state index in [4.69, 9.17) is 4.74 Å². The lowest BCUT2D eigenvalue weighted by atomic mass is 10.1. The molecule has 3 nitrogen and oxygen atoms in total. The van der Waals surface area contributed by atoms with Crippen molar-refractivity contribution in [1.82, 2.24) is 4.98 Å². The van der Waals surface area contributed by atoms with Crippen molar-refractivity contribution < 1.29 is 4.74 Å². The fourth-order valence-corrected chi connectivity index (χ4v) is 1.98. The summed E-state index contributed by atoms with van der Waals surface area (Å²) in [5.41, 5.74) is -0.117. The van der Waals surface area contributed by atoms with E-state index in [1.54, 1.807) is 13.2 Å². The SMILES string of the molecule is COc1c(Br)[nH]c(=O)c2ccccc12. The van der Waals surface area contributed by atoms with E-state index < -0.39 is 0 Å². The van der Waals surface area contributed by atoms with Gasteiger partial charge < -0.3 is 9.72 Å². The van der Waals surface area contributed by atoms with Crippen molar-refractivity contribution in [2.24, 2.45) is 0 Å². The van der Waals surface area contributed by atoms with Crippen molar-refractivity contribution in [3.63, 3.8) is 0 Å². The second kappa shape index (κ2) is 3.46. The Balaban J connectivity index is 2.98. The highest BCUT2D eigenvalue weighted by molar-refractivity contribution is 9.10. The van der Waals surface area contributed by atoms with Gasteiger partial charge in [-0.2, -0.15) is 0 Å². The predicted molar refractivity (Wildman–Crippen MR) is 58.8 cm³/mol. The average Bonchev–Trinajstić information content (AvgIpc) is 2.18. The van der Waals surface area contributed by atoms with Crippen LogP contribution in [0, 0.1) is 0 Å². The molecule has 14 heavy (non-hydrogen) atoms. The summed E-state index contributed by atoms with van der Waals surface area (Å²) in [5.74, 6) is 0.653. The van der Waals surface area contributed by atoms with Crippen LogP contribution in [0.15, 0.2) is 33.7 Å². The molecule has 0 fully saturated rings. The number of fused-ring (bicyclic) bond motifs is 1. The number of halogens is 1. The van der Waals surface area contributed by atoms with Crippen molar-refractivity contribution in [2.75, 3.05) is 7.11 Å². The Labute approximate surface area is 88.8 Å². The van der Waals surface area contributed by atoms with Gasteiger partial charge in [0.05, 0.1) is 12.5 Å². The number of ether oxygens (including phenoxy) is 1. The Morgan fingerprint density at radius 1 is 1.29 bits per heavy atom. The van der Waals surface area contributed by atoms with Crippen molar-refractivity contribution in [2.45, 2.75) is 0 Å². The number of methoxy groups -OCH3 is 1. The van der Waals surface area contributed by atoms with Crippen LogP contribution in [0.3, 0.4) is 0 Å². The highest BCUT2D eigenvalue weighted by Gasteiger charge is 2.08. The van der Waals surface area contributed by atoms with Crippen molar-refractivity contribution in [3.8, 4) is 5.75 Å². The fourth-order valence-electron chi connectivity index (χ4n) is 1.42. The fraction of sp³-hybridized carbons (Fsp3) is 0.100. The molecule has 2 rings (SSSR count). The lowest BCUT2D eigenvalue weighted by Crippen LogP contribution is -2.07. The molecule has 0 aliphatic carbocycles. The molecule has 0 radical (unpaired) electrons. The third-order valence-corrected chi connectivity index (χ3v) is 2.60. The molecule has 1 N–H and O–H groups in total. The first-order valence-electron chi connectivity index (χ1n) is 4.08. The molecule has 1 heterocycles. The molecule has 1 aromatic carbocycles. The van der Waals surface area contributed by atoms with E-state index in [0.29, 0.717) is 15.7 Å². The van der Waals surface area contributed by atoms with Crippen molar-refractivity contribution in [3.05, 3.63) is 39.2 Å². The molecule has 72 valence electrons. The maximum absolute atomic E-state index is 11.5. The maximum Gasteiger partial charge on any atom is 0.256 e. The van der Waals surface area contributed by atoms with Gasteiger partial charge in [0, 0.05) is 5.39 Å². The molecule has 2 aromatic rings. The minimum atomic E-state index is -0.117. The lowest BCUT2D eigenvalue weighted by molar-refractivity contribution is 0.415. The lowest BCUT2D eigenvalue weighted by Gasteiger charge is -2.06. The quantitative estimate of drug-likeness (QED) is 0.793. The zero-order valence-electron chi connectivity index (χ0n) is 7.50. The molecule has 0 aliphatic rings. The van der Waals surface area contributed by atoms with Crippen LogP contribution < -0.4 is 10.3 Å². The minimum Gasteiger partial charge on any atom is -0.493 e. The van der Waals surface area contributed by atoms with Crippen LogP contribution in [0.25, 0.3) is 10.8 Å². The van der Waals surface area contributed by atoms with Gasteiger partial charge in [-0.3, -0.25) is 4.79 Å². The predicted octanol–water partition coefficient (Wildman–Crippen LogP) is 2.30. The Hall–Kier alpha value is -1.29. The van der Waals surface area contributed by atoms with Crippen LogP contribution in [0.1, 0.15) is 0 Å². The van der Waals surface area contributed by atoms with Gasteiger partial charge >= 0.3 is 0 Å². The Kier molecular flexibility index (Phi) is 2.29. The van der Waals surface area contributed by atoms with E-state index >= 15 is 0 Å². The number of benzene rings is 1. The number of H-pyrrole nitrogens is 1. The molecule has 0 spiro atoms. The number of rotatable bonds is 1. The molecular formula is C10H8BrNO2. The summed E-state index contributed by atoms with van der Waals surface area (Å²) in [4.78, 5) is 14.2. The summed E-state index contributed by atoms with van der Waals surface area (Å²) in [7, 11) is 1.57. The molecule has 0 aliphatic heterocycles. The summed E-state index contributed by atoms with van der Waals surface area (Å²) in [6.45, 7) is 0. The molecule has 0 atom stereocenters. The largest absolute Gasteiger partial charge is 0.493 e. The molecule has 0 saturated heterocycles. The monoisotopic (exact) mass is 253 g/mol. The Bertz CT molecular complexity index is 533. The van der Waals surface area contributed by atoms with Crippen molar-refractivity contribution >= 4 is 26.7 Å². The van der Waals surface area contributed by atoms with Gasteiger partial charge in [0.25, 0.3) is 5.56 Å². The number of hydrogen-bond donors (Lipinski definition) is 1. The molecular weight excluding hydrogens is 246 g/mol. The van der Waals surface area contributed by atoms with Gasteiger partial charge in [-0.15, -0.1) is 0 Å². The smallest absolute Gasteiger partial charge is 0.256 e. The van der Waals surface area contributed by atoms with Gasteiger partial charge in [-0.25, -0.2) is 0 Å². The molecule has 0 bridgehead atoms. The van der Waals surface area contributed by atoms with E-state index in [0.717, 1.165) is 5.39 Å². The Morgan fingerprint density at radius 2 is 1.93 bits per heavy atom. The second-order valence-corrected chi connectivity index (χ2v) is 3.64. The first-order chi connectivity index (χ1) is 6.74. The summed E-state index contributed by atoms with van der Waals surface area (Å²) in [6.07, 6.45) is 0. The minimum absolute atomic E-state index is 0.117. The molecule has 0 saturated carbocycles. The summed E-state index contributed by atoms with van der Waals surface area (Å²) in [6, 6.07) is 7.32. The third-order valence-electron chi connectivity index (χ3n) is 2.04. The zero-order chi connectivity index (χ0) is 10.1. The number of nitrogens with one attached hydrogen (secondary N) is 1. The summed E-state index contributed by atoms with van der Waals surface area (Å²) < 4.78 is 5.77. The molecule has 0 amide bonds. The van der Waals surface area contributed by atoms with Gasteiger partial charge in [0.15, 0.2) is 5.75 Å². The topological polar surface area (TPSA) is 42.1 Å². The van der Waals surface area contributed by atoms with Crippen LogP contribution >= 0.6 is 15.9 Å². The van der Waals surface area contributed by atoms with E-state index in [1.807, 2.05) is 18.2 Å². The molecule has 0 unspecified atom stereocenters. The van der Waals surface area contributed by atoms with Crippen molar-refractivity contribution in [1.29, 1.82) is 0 Å². The second-order valence-electron chi connectivity index (χ2n) is 2.85. The molecule has 4 heteroatoms. The summed E-state index contributed by atoms with van der Waals surface area (Å²) >= 11 is 3.25. The van der Waals surface area contributed by atoms with Gasteiger partial charge in [-0.05, 0) is 22.0 Å². The van der Waals surface area contributed by atoms with E-state index in [1.165, 1.54) is 0 Å². The first-order valence-corrected chi connectivity index (χ1v) is 4.88. The number of pyridine rings is 1. The number of aromatic nitrogens is 1. The Morgan fingerprint density at radius 3 is 2.57 bits per heavy atom. The van der Waals surface area contributed by atoms with Crippen LogP contribution in [-0.2, 0) is 0 Å². The van der Waals surface area contributed by atoms with Gasteiger partial charge in [-0.1, -0.05) is 18.2 Å². The van der Waals surface area contributed by atoms with E-state index in [2.05, 4.69) is 20.9 Å². The van der Waals surface area contributed by atoms with Crippen LogP contribution in [0.5, 0.6) is 5.75 Å². The third kappa shape index (κ3) is 1.32. The van der Waals surface area contributed by atoms with Gasteiger partial charge in [0.2, 0.25) is 0 Å². The van der Waals surface area contributed by atoms with E-state index in [-0.39, 0.29) is 5.56 Å². The normalized spacial score (nSPS) is 10.4. The van der Waals surface area contributed by atoms with E-state index in [9.17, 15) is 4.79 Å². The first kappa shape index (κ1) is 9.27. The average molecular weight is 254 g/mol. The highest BCUT2D eigenvalue weighted by atomic mass is 79.9. The highest BCUT2D eigenvalue weighted by Crippen LogP contribution is 2.28. The van der Waals surface area contributed by atoms with Gasteiger partial charge in [0.1, 0.15) is 4.60 Å². The number of hydrogen-bond acceptors (Lipinski definition) is 2. The standard InChI is InChI=1S/C10H8BrNO2/c1-14-8-6-4-2-3-5-7(6)10(13)12-9(8)11/h2-5H,1H3,(H,12,13). The van der Waals surface area contributed by atoms with Crippen LogP contribution in [0.4, 0.5) is 0 Å². The molecule has 1 aromatic heterocycles. The number of aromatic amines is 1. The van der Waals surface area contributed by atoms with Crippen LogP contribution in [-0.4, -0.2) is 12.1 Å².